The minimum Gasteiger partial charge on any atom is -0.352 e. The molecule has 2 aromatic heterocycles. The second-order valence-electron chi connectivity index (χ2n) is 6.49. The van der Waals surface area contributed by atoms with Crippen molar-refractivity contribution in [3.05, 3.63) is 59.4 Å². The average Bonchev–Trinajstić information content (AvgIpc) is 3.30. The fraction of sp³-hybridized carbons (Fsp3) is 0.316. The van der Waals surface area contributed by atoms with Crippen LogP contribution in [0.2, 0.25) is 0 Å². The van der Waals surface area contributed by atoms with Gasteiger partial charge in [0.25, 0.3) is 5.91 Å². The first kappa shape index (κ1) is 17.4. The van der Waals surface area contributed by atoms with Crippen LogP contribution in [0.25, 0.3) is 5.65 Å². The summed E-state index contributed by atoms with van der Waals surface area (Å²) in [5.41, 5.74) is 1.14. The van der Waals surface area contributed by atoms with Gasteiger partial charge in [-0.3, -0.25) is 4.79 Å². The molecule has 1 amide bonds. The van der Waals surface area contributed by atoms with E-state index in [0.717, 1.165) is 18.6 Å². The van der Waals surface area contributed by atoms with Crippen LogP contribution >= 0.6 is 0 Å². The summed E-state index contributed by atoms with van der Waals surface area (Å²) in [5, 5.41) is 6.90. The number of rotatable bonds is 4. The maximum atomic E-state index is 14.3. The number of nitrogens with one attached hydrogen (secondary N) is 1. The molecule has 6 nitrogen and oxygen atoms in total. The van der Waals surface area contributed by atoms with Crippen molar-refractivity contribution >= 4 is 17.4 Å². The first-order chi connectivity index (χ1) is 13.1. The van der Waals surface area contributed by atoms with Gasteiger partial charge in [0.15, 0.2) is 5.65 Å². The molecule has 1 aromatic carbocycles. The molecule has 4 rings (SSSR count). The molecule has 1 saturated heterocycles. The second-order valence-corrected chi connectivity index (χ2v) is 6.49. The van der Waals surface area contributed by atoms with Gasteiger partial charge in [-0.1, -0.05) is 0 Å². The molecule has 0 bridgehead atoms. The Balaban J connectivity index is 1.73. The molecular weight excluding hydrogens is 352 g/mol. The molecule has 0 spiro atoms. The van der Waals surface area contributed by atoms with Crippen molar-refractivity contribution in [1.82, 2.24) is 19.9 Å². The molecule has 1 aliphatic heterocycles. The van der Waals surface area contributed by atoms with Crippen LogP contribution in [0.5, 0.6) is 0 Å². The Morgan fingerprint density at radius 3 is 3.00 bits per heavy atom. The maximum Gasteiger partial charge on any atom is 0.256 e. The van der Waals surface area contributed by atoms with E-state index in [-0.39, 0.29) is 11.9 Å². The molecule has 1 N–H and O–H groups in total. The Morgan fingerprint density at radius 1 is 1.33 bits per heavy atom. The summed E-state index contributed by atoms with van der Waals surface area (Å²) < 4.78 is 29.5. The van der Waals surface area contributed by atoms with Crippen molar-refractivity contribution in [3.63, 3.8) is 0 Å². The van der Waals surface area contributed by atoms with Gasteiger partial charge in [0.05, 0.1) is 12.2 Å². The van der Waals surface area contributed by atoms with Gasteiger partial charge in [-0.05, 0) is 44.0 Å². The highest BCUT2D eigenvalue weighted by Crippen LogP contribution is 2.36. The smallest absolute Gasteiger partial charge is 0.256 e. The number of aromatic nitrogens is 3. The van der Waals surface area contributed by atoms with Crippen LogP contribution in [0, 0.1) is 11.6 Å². The van der Waals surface area contributed by atoms with Crippen LogP contribution in [-0.2, 0) is 0 Å². The van der Waals surface area contributed by atoms with Gasteiger partial charge >= 0.3 is 0 Å². The SMILES string of the molecule is CCNC(=O)c1cnn2ccc(N3CCCC3c3cc(F)ccc3F)nc12. The molecule has 0 radical (unpaired) electrons. The van der Waals surface area contributed by atoms with Crippen LogP contribution in [-0.4, -0.2) is 33.6 Å². The standard InChI is InChI=1S/C19H19F2N5O/c1-2-22-19(27)14-11-23-26-9-7-17(24-18(14)26)25-8-3-4-16(25)13-10-12(20)5-6-15(13)21/h5-7,9-11,16H,2-4,8H2,1H3,(H,22,27). The average molecular weight is 371 g/mol. The summed E-state index contributed by atoms with van der Waals surface area (Å²) in [6.07, 6.45) is 4.74. The third-order valence-electron chi connectivity index (χ3n) is 4.80. The number of anilines is 1. The highest BCUT2D eigenvalue weighted by atomic mass is 19.1. The van der Waals surface area contributed by atoms with Gasteiger partial charge in [-0.25, -0.2) is 18.3 Å². The molecule has 27 heavy (non-hydrogen) atoms. The Hall–Kier alpha value is -3.03. The maximum absolute atomic E-state index is 14.3. The quantitative estimate of drug-likeness (QED) is 0.766. The third-order valence-corrected chi connectivity index (χ3v) is 4.80. The topological polar surface area (TPSA) is 62.5 Å². The molecule has 1 fully saturated rings. The van der Waals surface area contributed by atoms with Crippen LogP contribution in [0.4, 0.5) is 14.6 Å². The largest absolute Gasteiger partial charge is 0.352 e. The van der Waals surface area contributed by atoms with Gasteiger partial charge in [-0.15, -0.1) is 0 Å². The number of halogens is 2. The zero-order valence-corrected chi connectivity index (χ0v) is 14.8. The van der Waals surface area contributed by atoms with Crippen LogP contribution in [0.3, 0.4) is 0 Å². The fourth-order valence-electron chi connectivity index (χ4n) is 3.57. The minimum absolute atomic E-state index is 0.244. The van der Waals surface area contributed by atoms with E-state index in [1.54, 1.807) is 12.3 Å². The van der Waals surface area contributed by atoms with Crippen LogP contribution in [0.1, 0.15) is 41.7 Å². The van der Waals surface area contributed by atoms with E-state index < -0.39 is 11.6 Å². The Morgan fingerprint density at radius 2 is 2.19 bits per heavy atom. The van der Waals surface area contributed by atoms with E-state index in [1.807, 2.05) is 11.8 Å². The van der Waals surface area contributed by atoms with Crippen LogP contribution in [0.15, 0.2) is 36.7 Å². The predicted molar refractivity (Wildman–Crippen MR) is 96.7 cm³/mol. The lowest BCUT2D eigenvalue weighted by Crippen LogP contribution is -2.25. The lowest BCUT2D eigenvalue weighted by atomic mass is 10.0. The Labute approximate surface area is 154 Å². The van der Waals surface area contributed by atoms with E-state index in [1.165, 1.54) is 16.8 Å². The number of fused-ring (bicyclic) bond motifs is 1. The molecule has 8 heteroatoms. The molecule has 1 atom stereocenters. The Bertz CT molecular complexity index is 1000. The number of hydrogen-bond acceptors (Lipinski definition) is 4. The predicted octanol–water partition coefficient (Wildman–Crippen LogP) is 3.10. The van der Waals surface area contributed by atoms with Gasteiger partial charge in [0.1, 0.15) is 23.0 Å². The monoisotopic (exact) mass is 371 g/mol. The molecule has 1 aliphatic rings. The Kier molecular flexibility index (Phi) is 4.47. The summed E-state index contributed by atoms with van der Waals surface area (Å²) in [6, 6.07) is 4.99. The summed E-state index contributed by atoms with van der Waals surface area (Å²) in [4.78, 5) is 18.8. The van der Waals surface area contributed by atoms with E-state index in [9.17, 15) is 13.6 Å². The summed E-state index contributed by atoms with van der Waals surface area (Å²) in [7, 11) is 0. The lowest BCUT2D eigenvalue weighted by Gasteiger charge is -2.26. The first-order valence-electron chi connectivity index (χ1n) is 8.92. The zero-order chi connectivity index (χ0) is 19.0. The van der Waals surface area contributed by atoms with E-state index in [4.69, 9.17) is 0 Å². The van der Waals surface area contributed by atoms with Gasteiger partial charge in [0, 0.05) is 24.8 Å². The van der Waals surface area contributed by atoms with Crippen molar-refractivity contribution in [2.45, 2.75) is 25.8 Å². The summed E-state index contributed by atoms with van der Waals surface area (Å²) in [6.45, 7) is 3.02. The molecule has 140 valence electrons. The van der Waals surface area contributed by atoms with Crippen LogP contribution < -0.4 is 10.2 Å². The summed E-state index contributed by atoms with van der Waals surface area (Å²) >= 11 is 0. The molecule has 3 aromatic rings. The van der Waals surface area contributed by atoms with E-state index >= 15 is 0 Å². The van der Waals surface area contributed by atoms with Crippen molar-refractivity contribution in [2.75, 3.05) is 18.0 Å². The minimum atomic E-state index is -0.462. The van der Waals surface area contributed by atoms with Gasteiger partial charge in [-0.2, -0.15) is 5.10 Å². The highest BCUT2D eigenvalue weighted by molar-refractivity contribution is 5.99. The lowest BCUT2D eigenvalue weighted by molar-refractivity contribution is 0.0957. The van der Waals surface area contributed by atoms with Crippen molar-refractivity contribution in [1.29, 1.82) is 0 Å². The number of carbonyl (C=O) groups is 1. The van der Waals surface area contributed by atoms with E-state index in [0.29, 0.717) is 42.1 Å². The molecule has 3 heterocycles. The zero-order valence-electron chi connectivity index (χ0n) is 14.8. The first-order valence-corrected chi connectivity index (χ1v) is 8.92. The highest BCUT2D eigenvalue weighted by Gasteiger charge is 2.30. The number of benzene rings is 1. The summed E-state index contributed by atoms with van der Waals surface area (Å²) in [5.74, 6) is -0.524. The molecule has 1 unspecified atom stereocenters. The number of hydrogen-bond donors (Lipinski definition) is 1. The number of amides is 1. The second kappa shape index (κ2) is 6.94. The molecule has 0 saturated carbocycles. The number of carbonyl (C=O) groups excluding carboxylic acids is 1. The third kappa shape index (κ3) is 3.11. The number of nitrogens with zero attached hydrogens (tertiary/aromatic N) is 4. The van der Waals surface area contributed by atoms with Crippen molar-refractivity contribution in [2.24, 2.45) is 0 Å². The fourth-order valence-corrected chi connectivity index (χ4v) is 3.57. The molecule has 0 aliphatic carbocycles. The van der Waals surface area contributed by atoms with Crippen molar-refractivity contribution < 1.29 is 13.6 Å². The van der Waals surface area contributed by atoms with E-state index in [2.05, 4.69) is 15.4 Å². The van der Waals surface area contributed by atoms with Crippen molar-refractivity contribution in [3.8, 4) is 0 Å². The van der Waals surface area contributed by atoms with Gasteiger partial charge < -0.3 is 10.2 Å². The normalized spacial score (nSPS) is 16.9. The molecular formula is C19H19F2N5O. The van der Waals surface area contributed by atoms with Gasteiger partial charge in [0.2, 0.25) is 0 Å².